The molecule has 1 saturated heterocycles. The van der Waals surface area contributed by atoms with E-state index in [1.165, 1.54) is 18.5 Å². The van der Waals surface area contributed by atoms with Gasteiger partial charge >= 0.3 is 0 Å². The van der Waals surface area contributed by atoms with E-state index in [4.69, 9.17) is 21.1 Å². The zero-order valence-electron chi connectivity index (χ0n) is 18.7. The molecule has 0 aliphatic carbocycles. The highest BCUT2D eigenvalue weighted by Gasteiger charge is 2.35. The number of anilines is 1. The van der Waals surface area contributed by atoms with E-state index in [-0.39, 0.29) is 23.3 Å². The molecule has 0 saturated carbocycles. The van der Waals surface area contributed by atoms with Crippen LogP contribution in [0.4, 0.5) is 5.69 Å². The predicted molar refractivity (Wildman–Crippen MR) is 125 cm³/mol. The van der Waals surface area contributed by atoms with Crippen molar-refractivity contribution in [3.63, 3.8) is 0 Å². The van der Waals surface area contributed by atoms with Crippen molar-refractivity contribution >= 4 is 33.2 Å². The number of carbonyl (C=O) groups excluding carboxylic acids is 1. The molecule has 0 bridgehead atoms. The fourth-order valence-corrected chi connectivity index (χ4v) is 5.67. The number of hydrogen-bond donors (Lipinski definition) is 1. The van der Waals surface area contributed by atoms with Crippen molar-refractivity contribution in [1.29, 1.82) is 0 Å². The highest BCUT2D eigenvalue weighted by atomic mass is 35.5. The molecule has 0 aromatic heterocycles. The number of carbonyl (C=O) groups is 1. The second-order valence-electron chi connectivity index (χ2n) is 8.10. The van der Waals surface area contributed by atoms with Crippen LogP contribution in [0.25, 0.3) is 0 Å². The number of nitrogens with zero attached hydrogens (tertiary/aromatic N) is 1. The number of sulfonamides is 1. The molecular weight excluding hydrogens is 452 g/mol. The number of benzene rings is 2. The standard InChI is InChI=1S/C23H29ClN2O5S/c1-15(2)16-7-9-21(31-4)22(12-16)32(28,29)26-11-5-6-17(14-26)23(27)25-19-13-18(24)8-10-20(19)30-3/h7-10,12-13,15,17H,5-6,11,14H2,1-4H3,(H,25,27)/t17-/m1/s1. The van der Waals surface area contributed by atoms with Gasteiger partial charge in [-0.3, -0.25) is 4.79 Å². The largest absolute Gasteiger partial charge is 0.495 e. The van der Waals surface area contributed by atoms with Gasteiger partial charge in [0.05, 0.1) is 25.8 Å². The summed E-state index contributed by atoms with van der Waals surface area (Å²) in [6, 6.07) is 10.2. The van der Waals surface area contributed by atoms with Gasteiger partial charge in [0.15, 0.2) is 0 Å². The second kappa shape index (κ2) is 10.1. The minimum Gasteiger partial charge on any atom is -0.495 e. The van der Waals surface area contributed by atoms with E-state index in [2.05, 4.69) is 5.32 Å². The number of methoxy groups -OCH3 is 2. The number of rotatable bonds is 7. The SMILES string of the molecule is COc1ccc(Cl)cc1NC(=O)[C@@H]1CCCN(S(=O)(=O)c2cc(C(C)C)ccc2OC)C1. The van der Waals surface area contributed by atoms with Crippen molar-refractivity contribution in [3.8, 4) is 11.5 Å². The Kier molecular flexibility index (Phi) is 7.69. The Morgan fingerprint density at radius 1 is 1.12 bits per heavy atom. The van der Waals surface area contributed by atoms with Gasteiger partial charge in [0.2, 0.25) is 15.9 Å². The van der Waals surface area contributed by atoms with E-state index in [1.54, 1.807) is 30.3 Å². The molecule has 1 N–H and O–H groups in total. The third-order valence-electron chi connectivity index (χ3n) is 5.65. The van der Waals surface area contributed by atoms with Crippen LogP contribution in [0.1, 0.15) is 38.2 Å². The number of amides is 1. The first-order chi connectivity index (χ1) is 15.2. The number of ether oxygens (including phenoxy) is 2. The van der Waals surface area contributed by atoms with E-state index in [0.29, 0.717) is 41.6 Å². The summed E-state index contributed by atoms with van der Waals surface area (Å²) < 4.78 is 39.0. The van der Waals surface area contributed by atoms with Crippen LogP contribution in [0.2, 0.25) is 5.02 Å². The molecule has 32 heavy (non-hydrogen) atoms. The minimum atomic E-state index is -3.84. The van der Waals surface area contributed by atoms with E-state index in [0.717, 1.165) is 5.56 Å². The number of piperidine rings is 1. The quantitative estimate of drug-likeness (QED) is 0.629. The highest BCUT2D eigenvalue weighted by molar-refractivity contribution is 7.89. The summed E-state index contributed by atoms with van der Waals surface area (Å²) >= 11 is 6.05. The molecule has 0 radical (unpaired) electrons. The Morgan fingerprint density at radius 3 is 2.47 bits per heavy atom. The van der Waals surface area contributed by atoms with Gasteiger partial charge in [-0.15, -0.1) is 0 Å². The molecule has 1 amide bonds. The highest BCUT2D eigenvalue weighted by Crippen LogP contribution is 2.33. The summed E-state index contributed by atoms with van der Waals surface area (Å²) in [7, 11) is -0.878. The van der Waals surface area contributed by atoms with Gasteiger partial charge in [0, 0.05) is 18.1 Å². The number of nitrogens with one attached hydrogen (secondary N) is 1. The first-order valence-corrected chi connectivity index (χ1v) is 12.3. The van der Waals surface area contributed by atoms with Crippen molar-refractivity contribution in [3.05, 3.63) is 47.0 Å². The van der Waals surface area contributed by atoms with Crippen LogP contribution in [-0.4, -0.2) is 45.9 Å². The van der Waals surface area contributed by atoms with Gasteiger partial charge in [0.25, 0.3) is 0 Å². The summed E-state index contributed by atoms with van der Waals surface area (Å²) in [5.74, 6) is 0.181. The summed E-state index contributed by atoms with van der Waals surface area (Å²) in [6.07, 6.45) is 1.17. The summed E-state index contributed by atoms with van der Waals surface area (Å²) in [4.78, 5) is 13.1. The Morgan fingerprint density at radius 2 is 1.81 bits per heavy atom. The molecule has 174 valence electrons. The first kappa shape index (κ1) is 24.4. The van der Waals surface area contributed by atoms with Crippen LogP contribution >= 0.6 is 11.6 Å². The average molecular weight is 481 g/mol. The monoisotopic (exact) mass is 480 g/mol. The van der Waals surface area contributed by atoms with Crippen LogP contribution < -0.4 is 14.8 Å². The smallest absolute Gasteiger partial charge is 0.246 e. The van der Waals surface area contributed by atoms with E-state index in [9.17, 15) is 13.2 Å². The fraction of sp³-hybridized carbons (Fsp3) is 0.435. The van der Waals surface area contributed by atoms with Crippen molar-refractivity contribution in [2.75, 3.05) is 32.6 Å². The van der Waals surface area contributed by atoms with Gasteiger partial charge in [0.1, 0.15) is 16.4 Å². The van der Waals surface area contributed by atoms with Crippen molar-refractivity contribution in [1.82, 2.24) is 4.31 Å². The lowest BCUT2D eigenvalue weighted by Crippen LogP contribution is -2.43. The van der Waals surface area contributed by atoms with Crippen LogP contribution in [0.15, 0.2) is 41.3 Å². The maximum Gasteiger partial charge on any atom is 0.246 e. The molecule has 1 atom stereocenters. The first-order valence-electron chi connectivity index (χ1n) is 10.5. The number of hydrogen-bond acceptors (Lipinski definition) is 5. The summed E-state index contributed by atoms with van der Waals surface area (Å²) in [5.41, 5.74) is 1.36. The van der Waals surface area contributed by atoms with Crippen LogP contribution in [-0.2, 0) is 14.8 Å². The molecule has 0 spiro atoms. The van der Waals surface area contributed by atoms with Crippen LogP contribution in [0.5, 0.6) is 11.5 Å². The van der Waals surface area contributed by atoms with E-state index >= 15 is 0 Å². The lowest BCUT2D eigenvalue weighted by atomic mass is 9.98. The van der Waals surface area contributed by atoms with Gasteiger partial charge in [-0.25, -0.2) is 8.42 Å². The molecule has 1 heterocycles. The van der Waals surface area contributed by atoms with Crippen molar-refractivity contribution in [2.24, 2.45) is 5.92 Å². The predicted octanol–water partition coefficient (Wildman–Crippen LogP) is 4.52. The molecule has 3 rings (SSSR count). The van der Waals surface area contributed by atoms with E-state index in [1.807, 2.05) is 19.9 Å². The van der Waals surface area contributed by atoms with Gasteiger partial charge in [-0.05, 0) is 54.7 Å². The minimum absolute atomic E-state index is 0.0894. The topological polar surface area (TPSA) is 84.9 Å². The third kappa shape index (κ3) is 5.19. The van der Waals surface area contributed by atoms with E-state index < -0.39 is 15.9 Å². The third-order valence-corrected chi connectivity index (χ3v) is 7.77. The van der Waals surface area contributed by atoms with Gasteiger partial charge < -0.3 is 14.8 Å². The second-order valence-corrected chi connectivity index (χ2v) is 10.4. The molecular formula is C23H29ClN2O5S. The molecule has 2 aromatic rings. The average Bonchev–Trinajstić information content (AvgIpc) is 2.78. The summed E-state index contributed by atoms with van der Waals surface area (Å²) in [5, 5.41) is 3.30. The maximum atomic E-state index is 13.5. The zero-order chi connectivity index (χ0) is 23.5. The van der Waals surface area contributed by atoms with Crippen molar-refractivity contribution in [2.45, 2.75) is 37.5 Å². The molecule has 0 unspecified atom stereocenters. The lowest BCUT2D eigenvalue weighted by Gasteiger charge is -2.31. The molecule has 9 heteroatoms. The van der Waals surface area contributed by atoms with Crippen LogP contribution in [0, 0.1) is 5.92 Å². The lowest BCUT2D eigenvalue weighted by molar-refractivity contribution is -0.120. The Bertz CT molecular complexity index is 1090. The van der Waals surface area contributed by atoms with Gasteiger partial charge in [-0.2, -0.15) is 4.31 Å². The Hall–Kier alpha value is -2.29. The molecule has 1 fully saturated rings. The van der Waals surface area contributed by atoms with Crippen LogP contribution in [0.3, 0.4) is 0 Å². The Labute approximate surface area is 194 Å². The normalized spacial score (nSPS) is 17.2. The molecule has 1 aliphatic rings. The molecule has 1 aliphatic heterocycles. The maximum absolute atomic E-state index is 13.5. The Balaban J connectivity index is 1.83. The zero-order valence-corrected chi connectivity index (χ0v) is 20.3. The molecule has 7 nitrogen and oxygen atoms in total. The van der Waals surface area contributed by atoms with Gasteiger partial charge in [-0.1, -0.05) is 31.5 Å². The van der Waals surface area contributed by atoms with Crippen molar-refractivity contribution < 1.29 is 22.7 Å². The summed E-state index contributed by atoms with van der Waals surface area (Å²) in [6.45, 7) is 4.45. The molecule has 2 aromatic carbocycles. The number of halogens is 1. The fourth-order valence-electron chi connectivity index (χ4n) is 3.78.